The van der Waals surface area contributed by atoms with E-state index in [0.717, 1.165) is 24.2 Å². The van der Waals surface area contributed by atoms with Crippen LogP contribution in [0.4, 0.5) is 0 Å². The van der Waals surface area contributed by atoms with E-state index >= 15 is 0 Å². The molecule has 10 heteroatoms. The number of hydrogen-bond donors (Lipinski definition) is 1. The summed E-state index contributed by atoms with van der Waals surface area (Å²) >= 11 is 0. The van der Waals surface area contributed by atoms with Crippen molar-refractivity contribution in [2.24, 2.45) is 7.05 Å². The van der Waals surface area contributed by atoms with Crippen LogP contribution >= 0.6 is 0 Å². The van der Waals surface area contributed by atoms with Crippen LogP contribution < -0.4 is 11.2 Å². The molecule has 1 aromatic carbocycles. The average molecular weight is 436 g/mol. The molecule has 4 aromatic rings. The molecule has 0 radical (unpaired) electrons. The van der Waals surface area contributed by atoms with E-state index in [-0.39, 0.29) is 12.1 Å². The van der Waals surface area contributed by atoms with Gasteiger partial charge in [0.2, 0.25) is 0 Å². The number of esters is 1. The van der Waals surface area contributed by atoms with Gasteiger partial charge in [0, 0.05) is 25.5 Å². The molecule has 166 valence electrons. The molecule has 3 aromatic heterocycles. The number of aromatic amines is 1. The first-order chi connectivity index (χ1) is 15.4. The van der Waals surface area contributed by atoms with E-state index < -0.39 is 17.2 Å². The molecule has 10 nitrogen and oxygen atoms in total. The van der Waals surface area contributed by atoms with Gasteiger partial charge in [-0.05, 0) is 43.7 Å². The van der Waals surface area contributed by atoms with Crippen molar-refractivity contribution >= 4 is 17.1 Å². The number of carbonyl (C=O) groups is 1. The van der Waals surface area contributed by atoms with Gasteiger partial charge < -0.3 is 9.30 Å². The summed E-state index contributed by atoms with van der Waals surface area (Å²) in [5.74, 6) is -0.142. The van der Waals surface area contributed by atoms with E-state index in [4.69, 9.17) is 4.74 Å². The van der Waals surface area contributed by atoms with Gasteiger partial charge in [-0.1, -0.05) is 13.3 Å². The van der Waals surface area contributed by atoms with Crippen LogP contribution in [0.5, 0.6) is 0 Å². The van der Waals surface area contributed by atoms with Gasteiger partial charge in [-0.3, -0.25) is 14.3 Å². The second-order valence-corrected chi connectivity index (χ2v) is 7.53. The third kappa shape index (κ3) is 3.86. The van der Waals surface area contributed by atoms with E-state index in [1.54, 1.807) is 46.8 Å². The quantitative estimate of drug-likeness (QED) is 0.443. The molecule has 0 aliphatic carbocycles. The summed E-state index contributed by atoms with van der Waals surface area (Å²) < 4.78 is 10.2. The van der Waals surface area contributed by atoms with Crippen molar-refractivity contribution in [1.82, 2.24) is 28.9 Å². The lowest BCUT2D eigenvalue weighted by Crippen LogP contribution is -2.31. The Bertz CT molecular complexity index is 1390. The monoisotopic (exact) mass is 436 g/mol. The third-order valence-corrected chi connectivity index (χ3v) is 5.35. The van der Waals surface area contributed by atoms with Gasteiger partial charge in [0.15, 0.2) is 11.2 Å². The number of hydrogen-bond acceptors (Lipinski definition) is 6. The molecule has 1 N–H and O–H groups in total. The van der Waals surface area contributed by atoms with E-state index in [0.29, 0.717) is 23.6 Å². The van der Waals surface area contributed by atoms with Crippen LogP contribution in [0.15, 0.2) is 46.1 Å². The predicted molar refractivity (Wildman–Crippen MR) is 118 cm³/mol. The SMILES string of the molecule is CCCCn1c(=O)[nH]c(=O)c2c1nc(COC(=O)c1ccc(-n3nccc3C)cc1)n2C. The Hall–Kier alpha value is -3.95. The summed E-state index contributed by atoms with van der Waals surface area (Å²) in [4.78, 5) is 43.9. The fraction of sp³-hybridized carbons (Fsp3) is 0.318. The van der Waals surface area contributed by atoms with Crippen molar-refractivity contribution < 1.29 is 9.53 Å². The van der Waals surface area contributed by atoms with Gasteiger partial charge in [0.1, 0.15) is 12.4 Å². The number of rotatable bonds is 7. The molecule has 4 rings (SSSR count). The summed E-state index contributed by atoms with van der Waals surface area (Å²) in [5, 5.41) is 4.24. The third-order valence-electron chi connectivity index (χ3n) is 5.35. The molecular weight excluding hydrogens is 412 g/mol. The van der Waals surface area contributed by atoms with Gasteiger partial charge in [0.05, 0.1) is 11.3 Å². The Morgan fingerprint density at radius 2 is 1.91 bits per heavy atom. The van der Waals surface area contributed by atoms with Crippen LogP contribution in [0.3, 0.4) is 0 Å². The lowest BCUT2D eigenvalue weighted by atomic mass is 10.2. The van der Waals surface area contributed by atoms with Crippen LogP contribution in [0, 0.1) is 6.92 Å². The fourth-order valence-corrected chi connectivity index (χ4v) is 3.54. The maximum atomic E-state index is 12.5. The zero-order chi connectivity index (χ0) is 22.8. The second-order valence-electron chi connectivity index (χ2n) is 7.53. The van der Waals surface area contributed by atoms with Gasteiger partial charge in [0.25, 0.3) is 5.56 Å². The van der Waals surface area contributed by atoms with E-state index in [1.807, 2.05) is 19.9 Å². The highest BCUT2D eigenvalue weighted by Gasteiger charge is 2.18. The number of carbonyl (C=O) groups excluding carboxylic acids is 1. The zero-order valence-electron chi connectivity index (χ0n) is 18.2. The van der Waals surface area contributed by atoms with Crippen molar-refractivity contribution in [3.63, 3.8) is 0 Å². The first kappa shape index (κ1) is 21.3. The predicted octanol–water partition coefficient (Wildman–Crippen LogP) is 2.07. The molecule has 0 saturated heterocycles. The van der Waals surface area contributed by atoms with E-state index in [2.05, 4.69) is 15.1 Å². The Labute approximate surface area is 183 Å². The number of unbranched alkanes of at least 4 members (excludes halogenated alkanes) is 1. The number of fused-ring (bicyclic) bond motifs is 1. The minimum Gasteiger partial charge on any atom is -0.454 e. The lowest BCUT2D eigenvalue weighted by Gasteiger charge is -2.07. The normalized spacial score (nSPS) is 11.2. The molecule has 32 heavy (non-hydrogen) atoms. The lowest BCUT2D eigenvalue weighted by molar-refractivity contribution is 0.0459. The molecule has 0 spiro atoms. The van der Waals surface area contributed by atoms with Crippen LogP contribution in [-0.2, 0) is 24.9 Å². The highest BCUT2D eigenvalue weighted by Crippen LogP contribution is 2.14. The molecule has 0 amide bonds. The van der Waals surface area contributed by atoms with Gasteiger partial charge >= 0.3 is 11.7 Å². The van der Waals surface area contributed by atoms with Crippen molar-refractivity contribution in [1.29, 1.82) is 0 Å². The molecular formula is C22H24N6O4. The molecule has 0 bridgehead atoms. The standard InChI is InChI=1S/C22H24N6O4/c1-4-5-12-27-19-18(20(29)25-22(27)31)26(3)17(24-19)13-32-21(30)15-6-8-16(9-7-15)28-14(2)10-11-23-28/h6-11H,4-5,12-13H2,1-3H3,(H,25,29,31). The topological polar surface area (TPSA) is 117 Å². The zero-order valence-corrected chi connectivity index (χ0v) is 18.2. The fourth-order valence-electron chi connectivity index (χ4n) is 3.54. The number of ether oxygens (including phenoxy) is 1. The summed E-state index contributed by atoms with van der Waals surface area (Å²) in [6, 6.07) is 8.81. The molecule has 0 atom stereocenters. The minimum absolute atomic E-state index is 0.133. The largest absolute Gasteiger partial charge is 0.454 e. The number of aromatic nitrogens is 6. The molecule has 0 fully saturated rings. The average Bonchev–Trinajstić information content (AvgIpc) is 3.35. The number of aryl methyl sites for hydroxylation is 3. The van der Waals surface area contributed by atoms with Crippen LogP contribution in [-0.4, -0.2) is 34.9 Å². The van der Waals surface area contributed by atoms with Crippen molar-refractivity contribution in [3.05, 3.63) is 74.4 Å². The maximum Gasteiger partial charge on any atom is 0.338 e. The van der Waals surface area contributed by atoms with E-state index in [9.17, 15) is 14.4 Å². The van der Waals surface area contributed by atoms with Gasteiger partial charge in [-0.15, -0.1) is 0 Å². The second kappa shape index (κ2) is 8.66. The van der Waals surface area contributed by atoms with Crippen molar-refractivity contribution in [3.8, 4) is 5.69 Å². The number of nitrogens with one attached hydrogen (secondary N) is 1. The summed E-state index contributed by atoms with van der Waals surface area (Å²) in [6.45, 7) is 4.27. The van der Waals surface area contributed by atoms with Crippen molar-refractivity contribution in [2.75, 3.05) is 0 Å². The summed E-state index contributed by atoms with van der Waals surface area (Å²) in [5.41, 5.74) is 1.75. The Kier molecular flexibility index (Phi) is 5.76. The molecule has 0 saturated carbocycles. The van der Waals surface area contributed by atoms with Crippen molar-refractivity contribution in [2.45, 2.75) is 39.8 Å². The molecule has 0 unspecified atom stereocenters. The Morgan fingerprint density at radius 3 is 2.56 bits per heavy atom. The van der Waals surface area contributed by atoms with Gasteiger partial charge in [-0.2, -0.15) is 5.10 Å². The first-order valence-electron chi connectivity index (χ1n) is 10.4. The van der Waals surface area contributed by atoms with E-state index in [1.165, 1.54) is 4.57 Å². The number of benzene rings is 1. The number of nitrogens with zero attached hydrogens (tertiary/aromatic N) is 5. The highest BCUT2D eigenvalue weighted by atomic mass is 16.5. The number of H-pyrrole nitrogens is 1. The summed E-state index contributed by atoms with van der Waals surface area (Å²) in [6.07, 6.45) is 3.38. The maximum absolute atomic E-state index is 12.5. The highest BCUT2D eigenvalue weighted by molar-refractivity contribution is 5.89. The number of imidazole rings is 1. The smallest absolute Gasteiger partial charge is 0.338 e. The molecule has 0 aliphatic rings. The summed E-state index contributed by atoms with van der Waals surface area (Å²) in [7, 11) is 1.66. The van der Waals surface area contributed by atoms with Crippen LogP contribution in [0.2, 0.25) is 0 Å². The molecule has 0 aliphatic heterocycles. The molecule has 3 heterocycles. The Balaban J connectivity index is 1.55. The first-order valence-corrected chi connectivity index (χ1v) is 10.4. The van der Waals surface area contributed by atoms with Crippen LogP contribution in [0.25, 0.3) is 16.9 Å². The minimum atomic E-state index is -0.519. The van der Waals surface area contributed by atoms with Crippen LogP contribution in [0.1, 0.15) is 41.6 Å². The van der Waals surface area contributed by atoms with Gasteiger partial charge in [-0.25, -0.2) is 19.3 Å². The Morgan fingerprint density at radius 1 is 1.16 bits per heavy atom.